The van der Waals surface area contributed by atoms with Gasteiger partial charge in [0, 0.05) is 17.7 Å². The number of nitrogen functional groups attached to an aromatic ring is 1. The molecule has 4 rings (SSSR count). The number of benzene rings is 1. The first-order chi connectivity index (χ1) is 11.2. The highest BCUT2D eigenvalue weighted by Gasteiger charge is 2.46. The molecule has 8 heteroatoms. The summed E-state index contributed by atoms with van der Waals surface area (Å²) in [5.41, 5.74) is 12.7. The van der Waals surface area contributed by atoms with E-state index in [0.717, 1.165) is 10.6 Å². The number of anilines is 1. The molecule has 0 aliphatic carbocycles. The summed E-state index contributed by atoms with van der Waals surface area (Å²) in [6.07, 6.45) is 0.417. The molecular formula is C15H14N6OS. The van der Waals surface area contributed by atoms with E-state index in [1.165, 1.54) is 0 Å². The molecule has 1 spiro atoms. The van der Waals surface area contributed by atoms with Crippen molar-refractivity contribution in [3.63, 3.8) is 0 Å². The van der Waals surface area contributed by atoms with Crippen molar-refractivity contribution in [1.82, 2.24) is 16.2 Å². The Balaban J connectivity index is 1.59. The molecule has 7 nitrogen and oxygen atoms in total. The Morgan fingerprint density at radius 1 is 1.13 bits per heavy atom. The summed E-state index contributed by atoms with van der Waals surface area (Å²) < 4.78 is 0. The predicted molar refractivity (Wildman–Crippen MR) is 90.0 cm³/mol. The van der Waals surface area contributed by atoms with Gasteiger partial charge < -0.3 is 11.1 Å². The maximum absolute atomic E-state index is 12.6. The van der Waals surface area contributed by atoms with E-state index in [0.29, 0.717) is 23.5 Å². The molecule has 1 unspecified atom stereocenters. The van der Waals surface area contributed by atoms with E-state index in [9.17, 15) is 4.79 Å². The van der Waals surface area contributed by atoms with Gasteiger partial charge in [-0.25, -0.2) is 0 Å². The second-order valence-electron chi connectivity index (χ2n) is 5.34. The van der Waals surface area contributed by atoms with Crippen LogP contribution in [0.25, 0.3) is 0 Å². The Kier molecular flexibility index (Phi) is 3.05. The monoisotopic (exact) mass is 326 g/mol. The smallest absolute Gasteiger partial charge is 0.275 e. The Hall–Kier alpha value is -2.87. The van der Waals surface area contributed by atoms with Crippen LogP contribution in [0.2, 0.25) is 0 Å². The lowest BCUT2D eigenvalue weighted by molar-refractivity contribution is -0.127. The van der Waals surface area contributed by atoms with Gasteiger partial charge in [-0.05, 0) is 23.6 Å². The molecular weight excluding hydrogens is 312 g/mol. The molecule has 0 saturated carbocycles. The number of hydrogen-bond donors (Lipinski definition) is 4. The topological polar surface area (TPSA) is 104 Å². The molecule has 0 bridgehead atoms. The molecule has 0 fully saturated rings. The average Bonchev–Trinajstić information content (AvgIpc) is 3.21. The lowest BCUT2D eigenvalue weighted by Gasteiger charge is -2.31. The summed E-state index contributed by atoms with van der Waals surface area (Å²) in [5, 5.41) is 13.4. The molecule has 1 aromatic carbocycles. The van der Waals surface area contributed by atoms with Crippen molar-refractivity contribution in [1.29, 1.82) is 0 Å². The molecule has 1 aromatic heterocycles. The zero-order valence-electron chi connectivity index (χ0n) is 12.0. The highest BCUT2D eigenvalue weighted by atomic mass is 32.1. The van der Waals surface area contributed by atoms with Gasteiger partial charge >= 0.3 is 0 Å². The van der Waals surface area contributed by atoms with Gasteiger partial charge in [-0.2, -0.15) is 10.2 Å². The molecule has 0 saturated heterocycles. The fourth-order valence-corrected chi connectivity index (χ4v) is 3.27. The highest BCUT2D eigenvalue weighted by molar-refractivity contribution is 7.12. The summed E-state index contributed by atoms with van der Waals surface area (Å²) in [5.74, 6) is 0.172. The quantitative estimate of drug-likeness (QED) is 0.613. The summed E-state index contributed by atoms with van der Waals surface area (Å²) >= 11 is 1.59. The first kappa shape index (κ1) is 13.8. The third-order valence-electron chi connectivity index (χ3n) is 3.81. The summed E-state index contributed by atoms with van der Waals surface area (Å²) in [6, 6.07) is 11.2. The standard InChI is InChI=1S/C15H14N6OS/c16-10-5-2-1-4-9(10)13-17-14(22)15(21-19-13)8-11(18-20-15)12-6-3-7-23-12/h1-7,20-21H,8,16H2,(H,17,19,22). The van der Waals surface area contributed by atoms with E-state index in [2.05, 4.69) is 26.4 Å². The van der Waals surface area contributed by atoms with Crippen molar-refractivity contribution in [3.05, 3.63) is 52.2 Å². The Morgan fingerprint density at radius 3 is 2.70 bits per heavy atom. The summed E-state index contributed by atoms with van der Waals surface area (Å²) in [4.78, 5) is 13.6. The Labute approximate surface area is 136 Å². The number of hydrogen-bond acceptors (Lipinski definition) is 7. The third kappa shape index (κ3) is 2.23. The number of para-hydroxylation sites is 1. The van der Waals surface area contributed by atoms with Crippen LogP contribution >= 0.6 is 11.3 Å². The molecule has 2 aliphatic rings. The van der Waals surface area contributed by atoms with Crippen LogP contribution in [0.15, 0.2) is 52.0 Å². The number of amidine groups is 1. The number of nitrogens with one attached hydrogen (secondary N) is 3. The van der Waals surface area contributed by atoms with Crippen LogP contribution in [-0.4, -0.2) is 23.1 Å². The van der Waals surface area contributed by atoms with Crippen molar-refractivity contribution >= 4 is 34.5 Å². The lowest BCUT2D eigenvalue weighted by Crippen LogP contribution is -2.65. The fourth-order valence-electron chi connectivity index (χ4n) is 2.56. The van der Waals surface area contributed by atoms with Crippen molar-refractivity contribution in [2.24, 2.45) is 10.2 Å². The number of thiophene rings is 1. The van der Waals surface area contributed by atoms with Crippen molar-refractivity contribution in [2.45, 2.75) is 12.1 Å². The second kappa shape index (κ2) is 5.10. The van der Waals surface area contributed by atoms with E-state index in [1.54, 1.807) is 17.4 Å². The first-order valence-corrected chi connectivity index (χ1v) is 7.95. The maximum Gasteiger partial charge on any atom is 0.275 e. The van der Waals surface area contributed by atoms with Gasteiger partial charge in [0.05, 0.1) is 10.6 Å². The zero-order valence-corrected chi connectivity index (χ0v) is 12.9. The van der Waals surface area contributed by atoms with Crippen LogP contribution in [-0.2, 0) is 4.79 Å². The number of hydrazone groups is 2. The average molecular weight is 326 g/mol. The van der Waals surface area contributed by atoms with Crippen LogP contribution < -0.4 is 21.9 Å². The van der Waals surface area contributed by atoms with Crippen molar-refractivity contribution < 1.29 is 4.79 Å². The summed E-state index contributed by atoms with van der Waals surface area (Å²) in [6.45, 7) is 0. The third-order valence-corrected chi connectivity index (χ3v) is 4.73. The van der Waals surface area contributed by atoms with Gasteiger partial charge in [-0.1, -0.05) is 18.2 Å². The molecule has 1 amide bonds. The largest absolute Gasteiger partial charge is 0.398 e. The van der Waals surface area contributed by atoms with Crippen LogP contribution in [0.1, 0.15) is 16.9 Å². The molecule has 5 N–H and O–H groups in total. The molecule has 23 heavy (non-hydrogen) atoms. The zero-order chi connectivity index (χ0) is 15.9. The Bertz CT molecular complexity index is 828. The number of nitrogens with two attached hydrogens (primary N) is 1. The molecule has 1 atom stereocenters. The van der Waals surface area contributed by atoms with Gasteiger partial charge in [0.25, 0.3) is 5.91 Å². The minimum absolute atomic E-state index is 0.235. The lowest BCUT2D eigenvalue weighted by atomic mass is 10.0. The molecule has 0 radical (unpaired) electrons. The van der Waals surface area contributed by atoms with Crippen molar-refractivity contribution in [2.75, 3.05) is 5.73 Å². The molecule has 2 aliphatic heterocycles. The van der Waals surface area contributed by atoms with E-state index in [4.69, 9.17) is 5.73 Å². The van der Waals surface area contributed by atoms with Crippen LogP contribution in [0.3, 0.4) is 0 Å². The number of carbonyl (C=O) groups is 1. The SMILES string of the molecule is Nc1ccccc1C1=NNC2(CC(c3cccs3)=NN2)C(=O)N1. The van der Waals surface area contributed by atoms with Gasteiger partial charge in [-0.3, -0.25) is 15.6 Å². The molecule has 3 heterocycles. The number of carbonyl (C=O) groups excluding carboxylic acids is 1. The normalized spacial score (nSPS) is 22.9. The van der Waals surface area contributed by atoms with E-state index in [1.807, 2.05) is 35.7 Å². The number of rotatable bonds is 2. The van der Waals surface area contributed by atoms with Crippen LogP contribution in [0.4, 0.5) is 5.69 Å². The molecule has 2 aromatic rings. The van der Waals surface area contributed by atoms with Gasteiger partial charge in [0.2, 0.25) is 5.66 Å². The fraction of sp³-hybridized carbons (Fsp3) is 0.133. The minimum Gasteiger partial charge on any atom is -0.398 e. The van der Waals surface area contributed by atoms with Crippen LogP contribution in [0.5, 0.6) is 0 Å². The van der Waals surface area contributed by atoms with Gasteiger partial charge in [-0.15, -0.1) is 11.3 Å². The maximum atomic E-state index is 12.6. The second-order valence-corrected chi connectivity index (χ2v) is 6.29. The predicted octanol–water partition coefficient (Wildman–Crippen LogP) is 0.805. The minimum atomic E-state index is -1.05. The Morgan fingerprint density at radius 2 is 1.96 bits per heavy atom. The van der Waals surface area contributed by atoms with Gasteiger partial charge in [0.15, 0.2) is 5.84 Å². The van der Waals surface area contributed by atoms with E-state index >= 15 is 0 Å². The first-order valence-electron chi connectivity index (χ1n) is 7.07. The van der Waals surface area contributed by atoms with Crippen molar-refractivity contribution in [3.8, 4) is 0 Å². The van der Waals surface area contributed by atoms with E-state index < -0.39 is 5.66 Å². The van der Waals surface area contributed by atoms with E-state index in [-0.39, 0.29) is 5.91 Å². The highest BCUT2D eigenvalue weighted by Crippen LogP contribution is 2.24. The molecule has 116 valence electrons. The number of nitrogens with zero attached hydrogens (tertiary/aromatic N) is 2. The van der Waals surface area contributed by atoms with Crippen LogP contribution in [0, 0.1) is 0 Å². The summed E-state index contributed by atoms with van der Waals surface area (Å²) in [7, 11) is 0. The number of amides is 1. The van der Waals surface area contributed by atoms with Gasteiger partial charge in [0.1, 0.15) is 0 Å².